The average molecular weight is 343 g/mol. The van der Waals surface area contributed by atoms with Gasteiger partial charge in [0.05, 0.1) is 0 Å². The number of aliphatic hydroxyl groups is 1. The van der Waals surface area contributed by atoms with Crippen molar-refractivity contribution >= 4 is 18.3 Å². The molecule has 0 saturated carbocycles. The summed E-state index contributed by atoms with van der Waals surface area (Å²) in [5.74, 6) is -0.200. The molecular formula is C17H24ClFN2O2. The van der Waals surface area contributed by atoms with Gasteiger partial charge in [-0.2, -0.15) is 0 Å². The third-order valence-electron chi connectivity index (χ3n) is 5.39. The Balaban J connectivity index is 0.00000192. The van der Waals surface area contributed by atoms with E-state index in [0.29, 0.717) is 18.7 Å². The second-order valence-corrected chi connectivity index (χ2v) is 6.50. The molecule has 0 radical (unpaired) electrons. The van der Waals surface area contributed by atoms with E-state index in [4.69, 9.17) is 0 Å². The van der Waals surface area contributed by atoms with Gasteiger partial charge in [0.2, 0.25) is 0 Å². The number of piperidine rings is 2. The fourth-order valence-corrected chi connectivity index (χ4v) is 3.91. The van der Waals surface area contributed by atoms with Crippen molar-refractivity contribution in [3.05, 3.63) is 35.6 Å². The molecular weight excluding hydrogens is 319 g/mol. The molecule has 0 bridgehead atoms. The molecule has 128 valence electrons. The van der Waals surface area contributed by atoms with Crippen LogP contribution < -0.4 is 5.32 Å². The van der Waals surface area contributed by atoms with Gasteiger partial charge in [-0.05, 0) is 49.4 Å². The molecule has 6 heteroatoms. The van der Waals surface area contributed by atoms with Crippen LogP contribution in [0.4, 0.5) is 4.39 Å². The van der Waals surface area contributed by atoms with Gasteiger partial charge in [0, 0.05) is 37.7 Å². The SMILES string of the molecule is Cl.O=C(c1cccc(F)c1)N1CCC2(CCNCC2CO)CC1. The lowest BCUT2D eigenvalue weighted by Crippen LogP contribution is -2.53. The molecule has 2 aliphatic heterocycles. The van der Waals surface area contributed by atoms with Crippen LogP contribution in [-0.4, -0.2) is 48.7 Å². The summed E-state index contributed by atoms with van der Waals surface area (Å²) in [4.78, 5) is 14.3. The Morgan fingerprint density at radius 1 is 1.35 bits per heavy atom. The van der Waals surface area contributed by atoms with E-state index in [2.05, 4.69) is 5.32 Å². The molecule has 1 unspecified atom stereocenters. The number of rotatable bonds is 2. The first-order chi connectivity index (χ1) is 10.6. The maximum atomic E-state index is 13.3. The third-order valence-corrected chi connectivity index (χ3v) is 5.39. The molecule has 2 aliphatic rings. The molecule has 0 aromatic heterocycles. The maximum absolute atomic E-state index is 13.3. The number of hydrogen-bond acceptors (Lipinski definition) is 3. The van der Waals surface area contributed by atoms with Crippen LogP contribution in [0, 0.1) is 17.2 Å². The number of carbonyl (C=O) groups is 1. The monoisotopic (exact) mass is 342 g/mol. The smallest absolute Gasteiger partial charge is 0.253 e. The summed E-state index contributed by atoms with van der Waals surface area (Å²) in [5.41, 5.74) is 0.568. The number of carbonyl (C=O) groups excluding carboxylic acids is 1. The lowest BCUT2D eigenvalue weighted by atomic mass is 9.65. The number of amides is 1. The van der Waals surface area contributed by atoms with Crippen LogP contribution >= 0.6 is 12.4 Å². The van der Waals surface area contributed by atoms with Crippen LogP contribution in [-0.2, 0) is 0 Å². The third kappa shape index (κ3) is 3.67. The Labute approximate surface area is 142 Å². The Morgan fingerprint density at radius 3 is 2.74 bits per heavy atom. The summed E-state index contributed by atoms with van der Waals surface area (Å²) in [7, 11) is 0. The lowest BCUT2D eigenvalue weighted by Gasteiger charge is -2.49. The first kappa shape index (κ1) is 18.2. The molecule has 0 aliphatic carbocycles. The van der Waals surface area contributed by atoms with Crippen molar-refractivity contribution < 1.29 is 14.3 Å². The zero-order chi connectivity index (χ0) is 15.6. The van der Waals surface area contributed by atoms with Crippen LogP contribution in [0.25, 0.3) is 0 Å². The molecule has 1 amide bonds. The fraction of sp³-hybridized carbons (Fsp3) is 0.588. The molecule has 2 fully saturated rings. The predicted molar refractivity (Wildman–Crippen MR) is 89.3 cm³/mol. The zero-order valence-electron chi connectivity index (χ0n) is 13.1. The van der Waals surface area contributed by atoms with Gasteiger partial charge in [-0.1, -0.05) is 6.07 Å². The molecule has 1 atom stereocenters. The topological polar surface area (TPSA) is 52.6 Å². The number of aliphatic hydroxyl groups excluding tert-OH is 1. The van der Waals surface area contributed by atoms with Crippen molar-refractivity contribution in [3.63, 3.8) is 0 Å². The first-order valence-corrected chi connectivity index (χ1v) is 8.01. The van der Waals surface area contributed by atoms with Crippen molar-refractivity contribution in [1.82, 2.24) is 10.2 Å². The molecule has 2 heterocycles. The summed E-state index contributed by atoms with van der Waals surface area (Å²) in [5, 5.41) is 13.0. The van der Waals surface area contributed by atoms with Crippen molar-refractivity contribution in [2.75, 3.05) is 32.8 Å². The summed E-state index contributed by atoms with van der Waals surface area (Å²) in [6, 6.07) is 5.88. The van der Waals surface area contributed by atoms with Gasteiger partial charge in [0.15, 0.2) is 0 Å². The molecule has 1 spiro atoms. The predicted octanol–water partition coefficient (Wildman–Crippen LogP) is 2.07. The molecule has 1 aromatic rings. The van der Waals surface area contributed by atoms with Crippen molar-refractivity contribution in [1.29, 1.82) is 0 Å². The molecule has 4 nitrogen and oxygen atoms in total. The van der Waals surface area contributed by atoms with Crippen molar-refractivity contribution in [2.24, 2.45) is 11.3 Å². The second kappa shape index (κ2) is 7.60. The summed E-state index contributed by atoms with van der Waals surface area (Å²) < 4.78 is 13.3. The fourth-order valence-electron chi connectivity index (χ4n) is 3.91. The van der Waals surface area contributed by atoms with E-state index >= 15 is 0 Å². The minimum atomic E-state index is -0.377. The van der Waals surface area contributed by atoms with E-state index in [-0.39, 0.29) is 42.1 Å². The van der Waals surface area contributed by atoms with Crippen LogP contribution in [0.2, 0.25) is 0 Å². The van der Waals surface area contributed by atoms with Crippen LogP contribution in [0.15, 0.2) is 24.3 Å². The number of nitrogens with one attached hydrogen (secondary N) is 1. The number of halogens is 2. The molecule has 23 heavy (non-hydrogen) atoms. The Bertz CT molecular complexity index is 547. The molecule has 1 aromatic carbocycles. The van der Waals surface area contributed by atoms with Gasteiger partial charge in [-0.15, -0.1) is 12.4 Å². The Hall–Kier alpha value is -1.17. The van der Waals surface area contributed by atoms with Gasteiger partial charge in [0.1, 0.15) is 5.82 Å². The van der Waals surface area contributed by atoms with E-state index in [1.807, 2.05) is 4.90 Å². The minimum absolute atomic E-state index is 0. The van der Waals surface area contributed by atoms with E-state index in [1.54, 1.807) is 12.1 Å². The van der Waals surface area contributed by atoms with E-state index < -0.39 is 0 Å². The molecule has 3 rings (SSSR count). The van der Waals surface area contributed by atoms with Crippen molar-refractivity contribution in [3.8, 4) is 0 Å². The van der Waals surface area contributed by atoms with Crippen molar-refractivity contribution in [2.45, 2.75) is 19.3 Å². The van der Waals surface area contributed by atoms with Crippen LogP contribution in [0.5, 0.6) is 0 Å². The van der Waals surface area contributed by atoms with Gasteiger partial charge < -0.3 is 15.3 Å². The highest BCUT2D eigenvalue weighted by Crippen LogP contribution is 2.43. The lowest BCUT2D eigenvalue weighted by molar-refractivity contribution is -0.00116. The molecule has 2 saturated heterocycles. The minimum Gasteiger partial charge on any atom is -0.396 e. The van der Waals surface area contributed by atoms with Gasteiger partial charge in [-0.3, -0.25) is 4.79 Å². The standard InChI is InChI=1S/C17H23FN2O2.ClH/c18-15-3-1-2-13(10-15)16(22)20-8-5-17(6-9-20)4-7-19-11-14(17)12-21;/h1-3,10,14,19,21H,4-9,11-12H2;1H. The average Bonchev–Trinajstić information content (AvgIpc) is 2.55. The van der Waals surface area contributed by atoms with E-state index in [1.165, 1.54) is 12.1 Å². The van der Waals surface area contributed by atoms with E-state index in [0.717, 1.165) is 32.4 Å². The number of nitrogens with zero attached hydrogens (tertiary/aromatic N) is 1. The summed E-state index contributed by atoms with van der Waals surface area (Å²) in [6.45, 7) is 3.41. The molecule has 2 N–H and O–H groups in total. The summed E-state index contributed by atoms with van der Waals surface area (Å²) >= 11 is 0. The van der Waals surface area contributed by atoms with Crippen LogP contribution in [0.1, 0.15) is 29.6 Å². The quantitative estimate of drug-likeness (QED) is 0.865. The number of hydrogen-bond donors (Lipinski definition) is 2. The maximum Gasteiger partial charge on any atom is 0.253 e. The van der Waals surface area contributed by atoms with Gasteiger partial charge in [-0.25, -0.2) is 4.39 Å². The Kier molecular flexibility index (Phi) is 6.00. The summed E-state index contributed by atoms with van der Waals surface area (Å²) in [6.07, 6.45) is 2.89. The normalized spacial score (nSPS) is 23.4. The van der Waals surface area contributed by atoms with E-state index in [9.17, 15) is 14.3 Å². The first-order valence-electron chi connectivity index (χ1n) is 8.01. The number of benzene rings is 1. The van der Waals surface area contributed by atoms with Gasteiger partial charge >= 0.3 is 0 Å². The van der Waals surface area contributed by atoms with Crippen LogP contribution in [0.3, 0.4) is 0 Å². The highest BCUT2D eigenvalue weighted by molar-refractivity contribution is 5.94. The zero-order valence-corrected chi connectivity index (χ0v) is 13.9. The Morgan fingerprint density at radius 2 is 2.09 bits per heavy atom. The largest absolute Gasteiger partial charge is 0.396 e. The second-order valence-electron chi connectivity index (χ2n) is 6.50. The highest BCUT2D eigenvalue weighted by atomic mass is 35.5. The van der Waals surface area contributed by atoms with Gasteiger partial charge in [0.25, 0.3) is 5.91 Å². The number of likely N-dealkylation sites (tertiary alicyclic amines) is 1. The highest BCUT2D eigenvalue weighted by Gasteiger charge is 2.43.